The van der Waals surface area contributed by atoms with Crippen LogP contribution in [0.5, 0.6) is 5.75 Å². The van der Waals surface area contributed by atoms with Gasteiger partial charge < -0.3 is 29.7 Å². The van der Waals surface area contributed by atoms with Crippen LogP contribution in [-0.2, 0) is 14.8 Å². The number of nitrogens with one attached hydrogen (secondary N) is 2. The highest BCUT2D eigenvalue weighted by Crippen LogP contribution is 2.29. The number of benzene rings is 2. The van der Waals surface area contributed by atoms with Crippen molar-refractivity contribution < 1.29 is 37.0 Å². The molecule has 0 spiro atoms. The van der Waals surface area contributed by atoms with Gasteiger partial charge in [-0.3, -0.25) is 9.52 Å². The molecule has 0 aromatic heterocycles. The minimum absolute atomic E-state index is 0.165. The van der Waals surface area contributed by atoms with Crippen LogP contribution in [-0.4, -0.2) is 93.1 Å². The molecule has 238 valence electrons. The maximum Gasteiger partial charge on any atom is 0.321 e. The monoisotopic (exact) mass is 622 g/mol. The average Bonchev–Trinajstić information content (AvgIpc) is 2.94. The van der Waals surface area contributed by atoms with Gasteiger partial charge in [-0.15, -0.1) is 0 Å². The second kappa shape index (κ2) is 15.3. The first-order valence-corrected chi connectivity index (χ1v) is 16.3. The summed E-state index contributed by atoms with van der Waals surface area (Å²) in [7, 11) is -1.97. The molecule has 1 aliphatic heterocycles. The minimum atomic E-state index is -3.60. The summed E-state index contributed by atoms with van der Waals surface area (Å²) < 4.78 is 51.9. The summed E-state index contributed by atoms with van der Waals surface area (Å²) in [6.07, 6.45) is 2.58. The Labute approximate surface area is 253 Å². The van der Waals surface area contributed by atoms with E-state index in [9.17, 15) is 27.5 Å². The molecule has 4 atom stereocenters. The van der Waals surface area contributed by atoms with Crippen LogP contribution >= 0.6 is 0 Å². The lowest BCUT2D eigenvalue weighted by Gasteiger charge is -2.35. The fraction of sp³-hybridized carbons (Fsp3) is 0.533. The van der Waals surface area contributed by atoms with E-state index in [-0.39, 0.29) is 43.0 Å². The molecule has 43 heavy (non-hydrogen) atoms. The number of anilines is 2. The number of ether oxygens (including phenoxy) is 2. The number of carbonyl (C=O) groups is 2. The predicted molar refractivity (Wildman–Crippen MR) is 163 cm³/mol. The van der Waals surface area contributed by atoms with Gasteiger partial charge in [-0.05, 0) is 75.6 Å². The van der Waals surface area contributed by atoms with Crippen molar-refractivity contribution in [2.75, 3.05) is 49.6 Å². The number of halogens is 1. The molecular formula is C30H43FN4O7S. The Kier molecular flexibility index (Phi) is 12.2. The van der Waals surface area contributed by atoms with Crippen molar-refractivity contribution in [1.82, 2.24) is 9.80 Å². The number of carbonyl (C=O) groups excluding carboxylic acids is 2. The van der Waals surface area contributed by atoms with Gasteiger partial charge in [0.2, 0.25) is 10.0 Å². The van der Waals surface area contributed by atoms with Gasteiger partial charge in [-0.1, -0.05) is 6.92 Å². The van der Waals surface area contributed by atoms with Crippen molar-refractivity contribution >= 4 is 33.3 Å². The van der Waals surface area contributed by atoms with Gasteiger partial charge in [-0.25, -0.2) is 17.6 Å². The summed E-state index contributed by atoms with van der Waals surface area (Å²) in [5, 5.41) is 12.8. The summed E-state index contributed by atoms with van der Waals surface area (Å²) >= 11 is 0. The van der Waals surface area contributed by atoms with Crippen molar-refractivity contribution in [2.45, 2.75) is 58.3 Å². The molecule has 1 aliphatic rings. The lowest BCUT2D eigenvalue weighted by atomic mass is 10.0. The van der Waals surface area contributed by atoms with Gasteiger partial charge in [-0.2, -0.15) is 0 Å². The van der Waals surface area contributed by atoms with Crippen LogP contribution in [0.2, 0.25) is 0 Å². The standard InChI is InChI=1S/C30H43FN4O7S/c1-20-17-35(21(2)19-36)29(37)26-16-25(33-43(5,39)40)13-14-27(26)42-22(3)8-6-7-15-41-28(20)18-34(4)30(38)32-24-11-9-23(31)10-12-24/h9-14,16,20-22,28,33,36H,6-8,15,17-19H2,1-5H3,(H,32,38)/t20-,21+,22+,28+/m0/s1. The summed E-state index contributed by atoms with van der Waals surface area (Å²) in [5.41, 5.74) is 0.830. The van der Waals surface area contributed by atoms with E-state index >= 15 is 0 Å². The Morgan fingerprint density at radius 3 is 2.49 bits per heavy atom. The summed E-state index contributed by atoms with van der Waals surface area (Å²) in [4.78, 5) is 30.0. The molecule has 13 heteroatoms. The Morgan fingerprint density at radius 1 is 1.16 bits per heavy atom. The maximum atomic E-state index is 14.1. The number of hydrogen-bond donors (Lipinski definition) is 3. The van der Waals surface area contributed by atoms with E-state index in [4.69, 9.17) is 9.47 Å². The number of sulfonamides is 1. The van der Waals surface area contributed by atoms with E-state index in [2.05, 4.69) is 10.0 Å². The molecule has 0 unspecified atom stereocenters. The Hall–Kier alpha value is -3.42. The lowest BCUT2D eigenvalue weighted by molar-refractivity contribution is -0.0115. The van der Waals surface area contributed by atoms with Crippen molar-refractivity contribution in [3.8, 4) is 5.75 Å². The minimum Gasteiger partial charge on any atom is -0.490 e. The molecule has 0 saturated heterocycles. The molecule has 11 nitrogen and oxygen atoms in total. The molecular weight excluding hydrogens is 579 g/mol. The number of hydrogen-bond acceptors (Lipinski definition) is 7. The van der Waals surface area contributed by atoms with Gasteiger partial charge in [0, 0.05) is 44.0 Å². The van der Waals surface area contributed by atoms with E-state index in [1.165, 1.54) is 40.1 Å². The molecule has 0 bridgehead atoms. The molecule has 2 aromatic carbocycles. The van der Waals surface area contributed by atoms with Crippen LogP contribution in [0, 0.1) is 11.7 Å². The zero-order valence-electron chi connectivity index (χ0n) is 25.4. The summed E-state index contributed by atoms with van der Waals surface area (Å²) in [6, 6.07) is 9.05. The van der Waals surface area contributed by atoms with E-state index in [0.29, 0.717) is 24.5 Å². The van der Waals surface area contributed by atoms with Gasteiger partial charge in [0.25, 0.3) is 5.91 Å². The first kappa shape index (κ1) is 34.1. The molecule has 3 N–H and O–H groups in total. The highest BCUT2D eigenvalue weighted by molar-refractivity contribution is 7.92. The van der Waals surface area contributed by atoms with Crippen LogP contribution in [0.3, 0.4) is 0 Å². The molecule has 0 radical (unpaired) electrons. The molecule has 1 heterocycles. The van der Waals surface area contributed by atoms with Crippen LogP contribution in [0.15, 0.2) is 42.5 Å². The molecule has 3 rings (SSSR count). The first-order chi connectivity index (χ1) is 20.3. The van der Waals surface area contributed by atoms with Crippen molar-refractivity contribution in [3.63, 3.8) is 0 Å². The smallest absolute Gasteiger partial charge is 0.321 e. The number of likely N-dealkylation sites (N-methyl/N-ethyl adjacent to an activating group) is 1. The van der Waals surface area contributed by atoms with E-state index in [0.717, 1.165) is 19.1 Å². The number of aliphatic hydroxyl groups is 1. The van der Waals surface area contributed by atoms with Crippen LogP contribution < -0.4 is 14.8 Å². The Balaban J connectivity index is 1.90. The normalized spacial score (nSPS) is 21.1. The second-order valence-electron chi connectivity index (χ2n) is 11.2. The number of fused-ring (bicyclic) bond motifs is 1. The first-order valence-electron chi connectivity index (χ1n) is 14.4. The SMILES string of the molecule is C[C@@H]1CCCCO[C@H](CN(C)C(=O)Nc2ccc(F)cc2)[C@@H](C)CN([C@H](C)CO)C(=O)c2cc(NS(C)(=O)=O)ccc2O1. The predicted octanol–water partition coefficient (Wildman–Crippen LogP) is 4.16. The highest BCUT2D eigenvalue weighted by atomic mass is 32.2. The Morgan fingerprint density at radius 2 is 1.84 bits per heavy atom. The lowest BCUT2D eigenvalue weighted by Crippen LogP contribution is -2.48. The van der Waals surface area contributed by atoms with Gasteiger partial charge in [0.05, 0.1) is 36.7 Å². The number of amides is 3. The summed E-state index contributed by atoms with van der Waals surface area (Å²) in [6.45, 7) is 6.05. The Bertz CT molecular complexity index is 1340. The third-order valence-electron chi connectivity index (χ3n) is 7.25. The van der Waals surface area contributed by atoms with Crippen LogP contribution in [0.25, 0.3) is 0 Å². The number of rotatable bonds is 7. The van der Waals surface area contributed by atoms with E-state index in [1.54, 1.807) is 26.1 Å². The van der Waals surface area contributed by atoms with Gasteiger partial charge in [0.15, 0.2) is 0 Å². The fourth-order valence-electron chi connectivity index (χ4n) is 4.77. The number of nitrogens with zero attached hydrogens (tertiary/aromatic N) is 2. The number of aliphatic hydroxyl groups excluding tert-OH is 1. The van der Waals surface area contributed by atoms with Crippen molar-refractivity contribution in [1.29, 1.82) is 0 Å². The van der Waals surface area contributed by atoms with E-state index in [1.807, 2.05) is 13.8 Å². The zero-order chi connectivity index (χ0) is 31.7. The largest absolute Gasteiger partial charge is 0.490 e. The maximum absolute atomic E-state index is 14.1. The third kappa shape index (κ3) is 10.4. The van der Waals surface area contributed by atoms with Crippen LogP contribution in [0.1, 0.15) is 50.4 Å². The van der Waals surface area contributed by atoms with Crippen molar-refractivity contribution in [2.24, 2.45) is 5.92 Å². The third-order valence-corrected chi connectivity index (χ3v) is 7.86. The molecule has 2 aromatic rings. The summed E-state index contributed by atoms with van der Waals surface area (Å²) in [5.74, 6) is -0.800. The number of urea groups is 1. The van der Waals surface area contributed by atoms with Crippen LogP contribution in [0.4, 0.5) is 20.6 Å². The average molecular weight is 623 g/mol. The molecule has 3 amide bonds. The molecule has 0 fully saturated rings. The highest BCUT2D eigenvalue weighted by Gasteiger charge is 2.31. The molecule has 0 saturated carbocycles. The topological polar surface area (TPSA) is 138 Å². The van der Waals surface area contributed by atoms with Gasteiger partial charge >= 0.3 is 6.03 Å². The van der Waals surface area contributed by atoms with Gasteiger partial charge in [0.1, 0.15) is 11.6 Å². The second-order valence-corrected chi connectivity index (χ2v) is 13.0. The fourth-order valence-corrected chi connectivity index (χ4v) is 5.32. The molecule has 0 aliphatic carbocycles. The quantitative estimate of drug-likeness (QED) is 0.422. The van der Waals surface area contributed by atoms with E-state index < -0.39 is 39.9 Å². The van der Waals surface area contributed by atoms with Crippen molar-refractivity contribution in [3.05, 3.63) is 53.8 Å². The zero-order valence-corrected chi connectivity index (χ0v) is 26.2.